The largest absolute Gasteiger partial charge is 0.496 e. The Balaban J connectivity index is 1.42. The maximum Gasteiger partial charge on any atom is 0.259 e. The molecule has 0 atom stereocenters. The molecule has 156 valence electrons. The monoisotopic (exact) mass is 414 g/mol. The zero-order valence-corrected chi connectivity index (χ0v) is 17.3. The van der Waals surface area contributed by atoms with E-state index in [0.717, 1.165) is 24.0 Å². The maximum absolute atomic E-state index is 13.2. The van der Waals surface area contributed by atoms with Crippen LogP contribution in [-0.2, 0) is 10.2 Å². The fraction of sp³-hybridized carbons (Fsp3) is 0.200. The van der Waals surface area contributed by atoms with Gasteiger partial charge in [0.1, 0.15) is 11.5 Å². The number of para-hydroxylation sites is 1. The lowest BCUT2D eigenvalue weighted by atomic mass is 9.93. The molecule has 1 aliphatic heterocycles. The van der Waals surface area contributed by atoms with Crippen LogP contribution in [-0.4, -0.2) is 18.9 Å². The topological polar surface area (TPSA) is 76.7 Å². The molecule has 1 fully saturated rings. The van der Waals surface area contributed by atoms with Gasteiger partial charge in [0.15, 0.2) is 5.75 Å². The molecule has 1 saturated carbocycles. The third-order valence-electron chi connectivity index (χ3n) is 5.89. The summed E-state index contributed by atoms with van der Waals surface area (Å²) in [6.07, 6.45) is 1.50. The molecule has 0 unspecified atom stereocenters. The molecule has 2 amide bonds. The second-order valence-electron chi connectivity index (χ2n) is 8.00. The standard InChI is InChI=1S/C25H22N2O4/c1-15-7-9-22-19(13-15)27-23(28)17-14-16(8-10-20(17)31-22)26-24(29)25(11-12-25)18-5-3-4-6-21(18)30-2/h3-10,13-14H,11-12H2,1-2H3,(H,26,29)(H,27,28). The number of carbonyl (C=O) groups excluding carboxylic acids is 2. The highest BCUT2D eigenvalue weighted by Crippen LogP contribution is 2.52. The van der Waals surface area contributed by atoms with E-state index in [2.05, 4.69) is 10.6 Å². The molecule has 1 aliphatic carbocycles. The van der Waals surface area contributed by atoms with Gasteiger partial charge in [0.2, 0.25) is 5.91 Å². The zero-order chi connectivity index (χ0) is 21.6. The van der Waals surface area contributed by atoms with Crippen molar-refractivity contribution in [3.8, 4) is 17.2 Å². The van der Waals surface area contributed by atoms with E-state index in [1.807, 2.05) is 49.4 Å². The van der Waals surface area contributed by atoms with Crippen molar-refractivity contribution in [1.29, 1.82) is 0 Å². The minimum Gasteiger partial charge on any atom is -0.496 e. The summed E-state index contributed by atoms with van der Waals surface area (Å²) in [4.78, 5) is 26.0. The van der Waals surface area contributed by atoms with Crippen molar-refractivity contribution >= 4 is 23.2 Å². The number of methoxy groups -OCH3 is 1. The summed E-state index contributed by atoms with van der Waals surface area (Å²) in [5.41, 5.74) is 2.84. The summed E-state index contributed by atoms with van der Waals surface area (Å²) in [6, 6.07) is 18.3. The molecule has 1 heterocycles. The minimum atomic E-state index is -0.605. The Morgan fingerprint density at radius 3 is 2.61 bits per heavy atom. The molecular weight excluding hydrogens is 392 g/mol. The van der Waals surface area contributed by atoms with Crippen LogP contribution in [0.4, 0.5) is 11.4 Å². The fourth-order valence-corrected chi connectivity index (χ4v) is 4.05. The van der Waals surface area contributed by atoms with Crippen molar-refractivity contribution in [1.82, 2.24) is 0 Å². The van der Waals surface area contributed by atoms with Crippen molar-refractivity contribution in [2.45, 2.75) is 25.2 Å². The number of amides is 2. The number of hydrogen-bond acceptors (Lipinski definition) is 4. The van der Waals surface area contributed by atoms with Gasteiger partial charge in [-0.2, -0.15) is 0 Å². The molecule has 31 heavy (non-hydrogen) atoms. The Bertz CT molecular complexity index is 1210. The van der Waals surface area contributed by atoms with Gasteiger partial charge in [-0.15, -0.1) is 0 Å². The van der Waals surface area contributed by atoms with Gasteiger partial charge >= 0.3 is 0 Å². The number of anilines is 2. The first-order valence-electron chi connectivity index (χ1n) is 10.2. The predicted molar refractivity (Wildman–Crippen MR) is 118 cm³/mol. The van der Waals surface area contributed by atoms with E-state index in [4.69, 9.17) is 9.47 Å². The molecule has 0 radical (unpaired) electrons. The lowest BCUT2D eigenvalue weighted by molar-refractivity contribution is -0.118. The van der Waals surface area contributed by atoms with Gasteiger partial charge in [-0.05, 0) is 61.7 Å². The van der Waals surface area contributed by atoms with Crippen molar-refractivity contribution < 1.29 is 19.1 Å². The molecule has 6 heteroatoms. The normalized spacial score (nSPS) is 15.5. The number of benzene rings is 3. The predicted octanol–water partition coefficient (Wildman–Crippen LogP) is 5.03. The Hall–Kier alpha value is -3.80. The van der Waals surface area contributed by atoms with Crippen molar-refractivity contribution in [3.05, 3.63) is 77.4 Å². The Labute approximate surface area is 180 Å². The van der Waals surface area contributed by atoms with E-state index < -0.39 is 5.41 Å². The number of rotatable bonds is 4. The van der Waals surface area contributed by atoms with Gasteiger partial charge in [0.05, 0.1) is 23.8 Å². The molecular formula is C25H22N2O4. The van der Waals surface area contributed by atoms with Crippen LogP contribution in [0.3, 0.4) is 0 Å². The highest BCUT2D eigenvalue weighted by Gasteiger charge is 2.52. The second kappa shape index (κ2) is 7.16. The van der Waals surface area contributed by atoms with E-state index in [1.54, 1.807) is 25.3 Å². The van der Waals surface area contributed by atoms with E-state index in [1.165, 1.54) is 0 Å². The van der Waals surface area contributed by atoms with Crippen LogP contribution in [0.2, 0.25) is 0 Å². The number of ether oxygens (including phenoxy) is 2. The first-order chi connectivity index (χ1) is 15.0. The highest BCUT2D eigenvalue weighted by molar-refractivity contribution is 6.09. The molecule has 0 saturated heterocycles. The summed E-state index contributed by atoms with van der Waals surface area (Å²) >= 11 is 0. The van der Waals surface area contributed by atoms with Crippen LogP contribution >= 0.6 is 0 Å². The summed E-state index contributed by atoms with van der Waals surface area (Å²) in [5, 5.41) is 5.88. The molecule has 2 N–H and O–H groups in total. The van der Waals surface area contributed by atoms with Crippen LogP contribution in [0.15, 0.2) is 60.7 Å². The van der Waals surface area contributed by atoms with Crippen LogP contribution in [0.25, 0.3) is 0 Å². The summed E-state index contributed by atoms with van der Waals surface area (Å²) in [5.74, 6) is 1.36. The SMILES string of the molecule is COc1ccccc1C1(C(=O)Nc2ccc3c(c2)C(=O)Nc2cc(C)ccc2O3)CC1. The van der Waals surface area contributed by atoms with Crippen LogP contribution in [0, 0.1) is 6.92 Å². The van der Waals surface area contributed by atoms with Gasteiger partial charge < -0.3 is 20.1 Å². The van der Waals surface area contributed by atoms with E-state index >= 15 is 0 Å². The molecule has 3 aromatic carbocycles. The van der Waals surface area contributed by atoms with Crippen molar-refractivity contribution in [2.75, 3.05) is 17.7 Å². The number of aryl methyl sites for hydroxylation is 1. The lowest BCUT2D eigenvalue weighted by Gasteiger charge is -2.19. The minimum absolute atomic E-state index is 0.106. The second-order valence-corrected chi connectivity index (χ2v) is 8.00. The molecule has 0 aromatic heterocycles. The Morgan fingerprint density at radius 1 is 1.06 bits per heavy atom. The molecule has 2 aliphatic rings. The molecule has 5 rings (SSSR count). The van der Waals surface area contributed by atoms with E-state index in [-0.39, 0.29) is 11.8 Å². The van der Waals surface area contributed by atoms with Crippen molar-refractivity contribution in [2.24, 2.45) is 0 Å². The quantitative estimate of drug-likeness (QED) is 0.628. The van der Waals surface area contributed by atoms with Gasteiger partial charge in [-0.25, -0.2) is 0 Å². The van der Waals surface area contributed by atoms with E-state index in [9.17, 15) is 9.59 Å². The van der Waals surface area contributed by atoms with Gasteiger partial charge in [0, 0.05) is 11.3 Å². The first kappa shape index (κ1) is 19.2. The van der Waals surface area contributed by atoms with Crippen LogP contribution in [0.1, 0.15) is 34.3 Å². The number of fused-ring (bicyclic) bond motifs is 2. The lowest BCUT2D eigenvalue weighted by Crippen LogP contribution is -2.28. The van der Waals surface area contributed by atoms with Gasteiger partial charge in [-0.3, -0.25) is 9.59 Å². The number of hydrogen-bond donors (Lipinski definition) is 2. The number of carbonyl (C=O) groups is 2. The van der Waals surface area contributed by atoms with Crippen molar-refractivity contribution in [3.63, 3.8) is 0 Å². The molecule has 0 spiro atoms. The number of nitrogens with one attached hydrogen (secondary N) is 2. The third kappa shape index (κ3) is 3.30. The first-order valence-corrected chi connectivity index (χ1v) is 10.2. The molecule has 0 bridgehead atoms. The molecule has 6 nitrogen and oxygen atoms in total. The smallest absolute Gasteiger partial charge is 0.259 e. The van der Waals surface area contributed by atoms with Gasteiger partial charge in [0.25, 0.3) is 5.91 Å². The Kier molecular flexibility index (Phi) is 4.43. The van der Waals surface area contributed by atoms with Crippen LogP contribution in [0.5, 0.6) is 17.2 Å². The molecule has 3 aromatic rings. The average molecular weight is 414 g/mol. The highest BCUT2D eigenvalue weighted by atomic mass is 16.5. The Morgan fingerprint density at radius 2 is 1.84 bits per heavy atom. The van der Waals surface area contributed by atoms with E-state index in [0.29, 0.717) is 34.2 Å². The zero-order valence-electron chi connectivity index (χ0n) is 17.3. The fourth-order valence-electron chi connectivity index (χ4n) is 4.05. The summed E-state index contributed by atoms with van der Waals surface area (Å²) in [7, 11) is 1.61. The van der Waals surface area contributed by atoms with Crippen LogP contribution < -0.4 is 20.1 Å². The maximum atomic E-state index is 13.2. The summed E-state index contributed by atoms with van der Waals surface area (Å²) < 4.78 is 11.4. The third-order valence-corrected chi connectivity index (χ3v) is 5.89. The summed E-state index contributed by atoms with van der Waals surface area (Å²) in [6.45, 7) is 1.95. The average Bonchev–Trinajstić information content (AvgIpc) is 3.59. The van der Waals surface area contributed by atoms with Gasteiger partial charge in [-0.1, -0.05) is 24.3 Å².